The quantitative estimate of drug-likeness (QED) is 0.836. The van der Waals surface area contributed by atoms with Crippen LogP contribution in [0.2, 0.25) is 0 Å². The van der Waals surface area contributed by atoms with E-state index in [1.807, 2.05) is 36.8 Å². The van der Waals surface area contributed by atoms with Crippen LogP contribution in [0.4, 0.5) is 5.69 Å². The van der Waals surface area contributed by atoms with Crippen molar-refractivity contribution in [1.82, 2.24) is 14.9 Å². The highest BCUT2D eigenvalue weighted by Gasteiger charge is 2.13. The fourth-order valence-corrected chi connectivity index (χ4v) is 2.58. The second kappa shape index (κ2) is 6.01. The third kappa shape index (κ3) is 2.96. The van der Waals surface area contributed by atoms with Crippen molar-refractivity contribution in [3.8, 4) is 11.3 Å². The summed E-state index contributed by atoms with van der Waals surface area (Å²) in [4.78, 5) is 13.6. The summed E-state index contributed by atoms with van der Waals surface area (Å²) in [5.41, 5.74) is 3.26. The zero-order chi connectivity index (χ0) is 13.8. The van der Waals surface area contributed by atoms with Crippen LogP contribution in [0.1, 0.15) is 6.42 Å². The SMILES string of the molecule is CN1CCCN(c2cncc(-c3ccccn3)c2)CC1. The van der Waals surface area contributed by atoms with Crippen LogP contribution < -0.4 is 4.90 Å². The molecule has 1 aliphatic rings. The number of hydrogen-bond donors (Lipinski definition) is 0. The first-order valence-electron chi connectivity index (χ1n) is 7.13. The maximum absolute atomic E-state index is 4.40. The minimum absolute atomic E-state index is 0.980. The van der Waals surface area contributed by atoms with Gasteiger partial charge in [0, 0.05) is 37.6 Å². The maximum Gasteiger partial charge on any atom is 0.0718 e. The number of rotatable bonds is 2. The number of likely N-dealkylation sites (N-methyl/N-ethyl adjacent to an activating group) is 1. The van der Waals surface area contributed by atoms with Gasteiger partial charge in [0.1, 0.15) is 0 Å². The number of nitrogens with zero attached hydrogens (tertiary/aromatic N) is 4. The van der Waals surface area contributed by atoms with E-state index in [9.17, 15) is 0 Å². The highest BCUT2D eigenvalue weighted by molar-refractivity contribution is 5.63. The van der Waals surface area contributed by atoms with Crippen LogP contribution in [0, 0.1) is 0 Å². The van der Waals surface area contributed by atoms with Crippen LogP contribution in [0.5, 0.6) is 0 Å². The maximum atomic E-state index is 4.40. The normalized spacial score (nSPS) is 16.9. The van der Waals surface area contributed by atoms with Gasteiger partial charge >= 0.3 is 0 Å². The van der Waals surface area contributed by atoms with Gasteiger partial charge < -0.3 is 9.80 Å². The molecule has 0 N–H and O–H groups in total. The lowest BCUT2D eigenvalue weighted by molar-refractivity contribution is 0.360. The summed E-state index contributed by atoms with van der Waals surface area (Å²) in [7, 11) is 2.19. The van der Waals surface area contributed by atoms with E-state index in [1.54, 1.807) is 0 Å². The van der Waals surface area contributed by atoms with Gasteiger partial charge in [-0.25, -0.2) is 0 Å². The van der Waals surface area contributed by atoms with E-state index >= 15 is 0 Å². The van der Waals surface area contributed by atoms with E-state index in [4.69, 9.17) is 0 Å². The van der Waals surface area contributed by atoms with Gasteiger partial charge in [-0.2, -0.15) is 0 Å². The molecule has 4 nitrogen and oxygen atoms in total. The molecule has 0 aromatic carbocycles. The highest BCUT2D eigenvalue weighted by atomic mass is 15.2. The van der Waals surface area contributed by atoms with Crippen molar-refractivity contribution in [3.63, 3.8) is 0 Å². The van der Waals surface area contributed by atoms with E-state index in [1.165, 1.54) is 18.7 Å². The van der Waals surface area contributed by atoms with E-state index in [0.717, 1.165) is 30.9 Å². The lowest BCUT2D eigenvalue weighted by atomic mass is 10.1. The first kappa shape index (κ1) is 13.1. The summed E-state index contributed by atoms with van der Waals surface area (Å²) in [5, 5.41) is 0. The molecular formula is C16H20N4. The van der Waals surface area contributed by atoms with Crippen LogP contribution in [0.3, 0.4) is 0 Å². The van der Waals surface area contributed by atoms with Crippen molar-refractivity contribution < 1.29 is 0 Å². The van der Waals surface area contributed by atoms with Crippen LogP contribution in [-0.4, -0.2) is 48.1 Å². The Hall–Kier alpha value is -1.94. The predicted molar refractivity (Wildman–Crippen MR) is 81.8 cm³/mol. The molecule has 1 aliphatic heterocycles. The Morgan fingerprint density at radius 3 is 2.85 bits per heavy atom. The van der Waals surface area contributed by atoms with E-state index < -0.39 is 0 Å². The zero-order valence-electron chi connectivity index (χ0n) is 11.9. The van der Waals surface area contributed by atoms with Gasteiger partial charge in [-0.3, -0.25) is 9.97 Å². The molecule has 104 valence electrons. The molecule has 1 fully saturated rings. The molecule has 0 spiro atoms. The number of anilines is 1. The molecule has 0 aliphatic carbocycles. The molecule has 3 heterocycles. The largest absolute Gasteiger partial charge is 0.369 e. The van der Waals surface area contributed by atoms with E-state index in [-0.39, 0.29) is 0 Å². The Balaban J connectivity index is 1.84. The summed E-state index contributed by atoms with van der Waals surface area (Å²) >= 11 is 0. The van der Waals surface area contributed by atoms with Crippen molar-refractivity contribution in [1.29, 1.82) is 0 Å². The van der Waals surface area contributed by atoms with Crippen LogP contribution >= 0.6 is 0 Å². The molecule has 4 heteroatoms. The van der Waals surface area contributed by atoms with Crippen molar-refractivity contribution in [2.24, 2.45) is 0 Å². The second-order valence-electron chi connectivity index (χ2n) is 5.29. The Morgan fingerprint density at radius 1 is 1.05 bits per heavy atom. The van der Waals surface area contributed by atoms with Gasteiger partial charge in [-0.15, -0.1) is 0 Å². The van der Waals surface area contributed by atoms with Crippen LogP contribution in [0.25, 0.3) is 11.3 Å². The minimum Gasteiger partial charge on any atom is -0.369 e. The van der Waals surface area contributed by atoms with E-state index in [2.05, 4.69) is 32.9 Å². The summed E-state index contributed by atoms with van der Waals surface area (Å²) < 4.78 is 0. The Bertz CT molecular complexity index is 555. The third-order valence-corrected chi connectivity index (χ3v) is 3.77. The molecule has 0 saturated carbocycles. The van der Waals surface area contributed by atoms with Gasteiger partial charge in [0.05, 0.1) is 17.6 Å². The van der Waals surface area contributed by atoms with Gasteiger partial charge in [-0.1, -0.05) is 6.07 Å². The summed E-state index contributed by atoms with van der Waals surface area (Å²) in [6, 6.07) is 8.17. The first-order chi connectivity index (χ1) is 9.83. The number of pyridine rings is 2. The topological polar surface area (TPSA) is 32.3 Å². The van der Waals surface area contributed by atoms with Gasteiger partial charge in [0.2, 0.25) is 0 Å². The van der Waals surface area contributed by atoms with Crippen molar-refractivity contribution >= 4 is 5.69 Å². The Labute approximate surface area is 120 Å². The molecule has 0 amide bonds. The van der Waals surface area contributed by atoms with E-state index in [0.29, 0.717) is 0 Å². The Morgan fingerprint density at radius 2 is 2.00 bits per heavy atom. The molecule has 0 unspecified atom stereocenters. The zero-order valence-corrected chi connectivity index (χ0v) is 11.9. The lowest BCUT2D eigenvalue weighted by Crippen LogP contribution is -2.28. The second-order valence-corrected chi connectivity index (χ2v) is 5.29. The van der Waals surface area contributed by atoms with Crippen LogP contribution in [0.15, 0.2) is 42.9 Å². The minimum atomic E-state index is 0.980. The molecule has 3 rings (SSSR count). The van der Waals surface area contributed by atoms with Crippen LogP contribution in [-0.2, 0) is 0 Å². The predicted octanol–water partition coefficient (Wildman–Crippen LogP) is 2.29. The molecule has 2 aromatic rings. The standard InChI is InChI=1S/C16H20N4/c1-19-7-4-8-20(10-9-19)15-11-14(12-17-13-15)16-5-2-3-6-18-16/h2-3,5-6,11-13H,4,7-10H2,1H3. The average Bonchev–Trinajstić information content (AvgIpc) is 2.73. The Kier molecular flexibility index (Phi) is 3.92. The average molecular weight is 268 g/mol. The van der Waals surface area contributed by atoms with Gasteiger partial charge in [0.25, 0.3) is 0 Å². The van der Waals surface area contributed by atoms with Gasteiger partial charge in [-0.05, 0) is 38.2 Å². The van der Waals surface area contributed by atoms with Crippen molar-refractivity contribution in [2.45, 2.75) is 6.42 Å². The molecule has 0 atom stereocenters. The monoisotopic (exact) mass is 268 g/mol. The smallest absolute Gasteiger partial charge is 0.0718 e. The summed E-state index contributed by atoms with van der Waals surface area (Å²) in [6.07, 6.45) is 6.86. The highest BCUT2D eigenvalue weighted by Crippen LogP contribution is 2.22. The molecule has 0 radical (unpaired) electrons. The molecular weight excluding hydrogens is 248 g/mol. The molecule has 2 aromatic heterocycles. The lowest BCUT2D eigenvalue weighted by Gasteiger charge is -2.22. The fourth-order valence-electron chi connectivity index (χ4n) is 2.58. The summed E-state index contributed by atoms with van der Waals surface area (Å²) in [6.45, 7) is 4.43. The first-order valence-corrected chi connectivity index (χ1v) is 7.13. The molecule has 1 saturated heterocycles. The third-order valence-electron chi connectivity index (χ3n) is 3.77. The van der Waals surface area contributed by atoms with Crippen molar-refractivity contribution in [2.75, 3.05) is 38.1 Å². The van der Waals surface area contributed by atoms with Crippen molar-refractivity contribution in [3.05, 3.63) is 42.9 Å². The fraction of sp³-hybridized carbons (Fsp3) is 0.375. The molecule has 0 bridgehead atoms. The number of hydrogen-bond acceptors (Lipinski definition) is 4. The van der Waals surface area contributed by atoms with Gasteiger partial charge in [0.15, 0.2) is 0 Å². The molecule has 20 heavy (non-hydrogen) atoms. The summed E-state index contributed by atoms with van der Waals surface area (Å²) in [5.74, 6) is 0. The number of aromatic nitrogens is 2.